The number of methoxy groups -OCH3 is 1. The molecule has 0 saturated heterocycles. The van der Waals surface area contributed by atoms with Crippen molar-refractivity contribution >= 4 is 11.6 Å². The van der Waals surface area contributed by atoms with Gasteiger partial charge >= 0.3 is 0 Å². The maximum absolute atomic E-state index is 5.93. The van der Waals surface area contributed by atoms with Gasteiger partial charge in [0.05, 0.1) is 25.2 Å². The lowest BCUT2D eigenvalue weighted by molar-refractivity contribution is 0.414. The smallest absolute Gasteiger partial charge is 0.118 e. The van der Waals surface area contributed by atoms with Gasteiger partial charge in [-0.15, -0.1) is 16.7 Å². The second kappa shape index (κ2) is 5.19. The Hall–Kier alpha value is -1.55. The van der Waals surface area contributed by atoms with E-state index in [4.69, 9.17) is 16.3 Å². The summed E-state index contributed by atoms with van der Waals surface area (Å²) in [7, 11) is 1.65. The topological polar surface area (TPSA) is 39.9 Å². The molecule has 0 aliphatic carbocycles. The molecule has 0 aliphatic rings. The van der Waals surface area contributed by atoms with Gasteiger partial charge in [-0.05, 0) is 24.6 Å². The third kappa shape index (κ3) is 2.97. The van der Waals surface area contributed by atoms with Gasteiger partial charge in [-0.3, -0.25) is 0 Å². The van der Waals surface area contributed by atoms with Gasteiger partial charge in [0.15, 0.2) is 0 Å². The predicted octanol–water partition coefficient (Wildman–Crippen LogP) is 2.63. The average Bonchev–Trinajstić information content (AvgIpc) is 2.79. The molecule has 2 rings (SSSR count). The van der Waals surface area contributed by atoms with Crippen molar-refractivity contribution < 1.29 is 4.74 Å². The van der Waals surface area contributed by atoms with Gasteiger partial charge in [0, 0.05) is 0 Å². The zero-order valence-corrected chi connectivity index (χ0v) is 10.6. The van der Waals surface area contributed by atoms with Crippen LogP contribution in [0, 0.1) is 0 Å². The van der Waals surface area contributed by atoms with E-state index in [1.54, 1.807) is 11.8 Å². The van der Waals surface area contributed by atoms with Crippen molar-refractivity contribution in [2.45, 2.75) is 18.8 Å². The number of rotatable bonds is 4. The van der Waals surface area contributed by atoms with Crippen LogP contribution in [0.2, 0.25) is 0 Å². The number of nitrogens with zero attached hydrogens (tertiary/aromatic N) is 3. The molecule has 1 heterocycles. The van der Waals surface area contributed by atoms with Gasteiger partial charge in [0.2, 0.25) is 0 Å². The summed E-state index contributed by atoms with van der Waals surface area (Å²) in [5.74, 6) is 0.849. The van der Waals surface area contributed by atoms with Gasteiger partial charge < -0.3 is 4.74 Å². The van der Waals surface area contributed by atoms with E-state index in [2.05, 4.69) is 10.3 Å². The summed E-state index contributed by atoms with van der Waals surface area (Å²) >= 11 is 5.93. The van der Waals surface area contributed by atoms with Crippen LogP contribution in [0.25, 0.3) is 0 Å². The zero-order chi connectivity index (χ0) is 12.3. The summed E-state index contributed by atoms with van der Waals surface area (Å²) in [4.78, 5) is 0. The SMILES string of the molecule is COc1ccc(Cn2cc(C(C)Cl)nn2)cc1. The Morgan fingerprint density at radius 1 is 1.35 bits per heavy atom. The number of benzene rings is 1. The summed E-state index contributed by atoms with van der Waals surface area (Å²) in [6.45, 7) is 2.56. The second-order valence-electron chi connectivity index (χ2n) is 3.81. The number of alkyl halides is 1. The molecule has 1 atom stereocenters. The van der Waals surface area contributed by atoms with Crippen LogP contribution in [-0.2, 0) is 6.54 Å². The quantitative estimate of drug-likeness (QED) is 0.785. The highest BCUT2D eigenvalue weighted by Gasteiger charge is 2.06. The number of halogens is 1. The van der Waals surface area contributed by atoms with Crippen molar-refractivity contribution in [3.63, 3.8) is 0 Å². The van der Waals surface area contributed by atoms with E-state index in [9.17, 15) is 0 Å². The molecule has 0 N–H and O–H groups in total. The molecular weight excluding hydrogens is 238 g/mol. The first-order chi connectivity index (χ1) is 8.19. The molecule has 0 saturated carbocycles. The molecule has 0 spiro atoms. The number of hydrogen-bond donors (Lipinski definition) is 0. The van der Waals surface area contributed by atoms with Gasteiger partial charge in [0.25, 0.3) is 0 Å². The fourth-order valence-corrected chi connectivity index (χ4v) is 1.59. The summed E-state index contributed by atoms with van der Waals surface area (Å²) in [6.07, 6.45) is 1.86. The van der Waals surface area contributed by atoms with Crippen LogP contribution in [0.4, 0.5) is 0 Å². The van der Waals surface area contributed by atoms with E-state index in [0.717, 1.165) is 17.0 Å². The lowest BCUT2D eigenvalue weighted by Gasteiger charge is -2.03. The van der Waals surface area contributed by atoms with Crippen LogP contribution in [0.15, 0.2) is 30.5 Å². The molecule has 0 bridgehead atoms. The Morgan fingerprint density at radius 3 is 2.59 bits per heavy atom. The summed E-state index contributed by atoms with van der Waals surface area (Å²) < 4.78 is 6.88. The van der Waals surface area contributed by atoms with E-state index < -0.39 is 0 Å². The Morgan fingerprint density at radius 2 is 2.06 bits per heavy atom. The third-order valence-corrected chi connectivity index (χ3v) is 2.69. The van der Waals surface area contributed by atoms with Crippen LogP contribution in [-0.4, -0.2) is 22.1 Å². The van der Waals surface area contributed by atoms with Gasteiger partial charge in [-0.2, -0.15) is 0 Å². The molecule has 1 aromatic heterocycles. The molecule has 4 nitrogen and oxygen atoms in total. The fraction of sp³-hybridized carbons (Fsp3) is 0.333. The van der Waals surface area contributed by atoms with Crippen LogP contribution >= 0.6 is 11.6 Å². The largest absolute Gasteiger partial charge is 0.497 e. The van der Waals surface area contributed by atoms with Crippen molar-refractivity contribution in [1.82, 2.24) is 15.0 Å². The van der Waals surface area contributed by atoms with Gasteiger partial charge in [-0.1, -0.05) is 17.3 Å². The Labute approximate surface area is 105 Å². The molecule has 2 aromatic rings. The second-order valence-corrected chi connectivity index (χ2v) is 4.46. The molecule has 1 unspecified atom stereocenters. The maximum Gasteiger partial charge on any atom is 0.118 e. The molecule has 0 aliphatic heterocycles. The number of hydrogen-bond acceptors (Lipinski definition) is 3. The van der Waals surface area contributed by atoms with Crippen molar-refractivity contribution in [3.8, 4) is 5.75 Å². The highest BCUT2D eigenvalue weighted by atomic mass is 35.5. The minimum Gasteiger partial charge on any atom is -0.497 e. The van der Waals surface area contributed by atoms with Gasteiger partial charge in [0.1, 0.15) is 11.4 Å². The van der Waals surface area contributed by atoms with Crippen molar-refractivity contribution in [2.24, 2.45) is 0 Å². The Bertz CT molecular complexity index is 479. The normalized spacial score (nSPS) is 12.4. The number of aromatic nitrogens is 3. The van der Waals surface area contributed by atoms with Gasteiger partial charge in [-0.25, -0.2) is 4.68 Å². The molecular formula is C12H14ClN3O. The maximum atomic E-state index is 5.93. The molecule has 0 fully saturated rings. The van der Waals surface area contributed by atoms with Crippen molar-refractivity contribution in [1.29, 1.82) is 0 Å². The molecule has 0 amide bonds. The molecule has 90 valence electrons. The lowest BCUT2D eigenvalue weighted by Crippen LogP contribution is -2.00. The van der Waals surface area contributed by atoms with Crippen molar-refractivity contribution in [2.75, 3.05) is 7.11 Å². The molecule has 5 heteroatoms. The third-order valence-electron chi connectivity index (χ3n) is 2.47. The first kappa shape index (κ1) is 11.9. The molecule has 0 radical (unpaired) electrons. The van der Waals surface area contributed by atoms with Crippen LogP contribution < -0.4 is 4.74 Å². The van der Waals surface area contributed by atoms with E-state index in [-0.39, 0.29) is 5.38 Å². The Kier molecular flexibility index (Phi) is 3.64. The van der Waals surface area contributed by atoms with E-state index in [1.807, 2.05) is 37.4 Å². The van der Waals surface area contributed by atoms with E-state index in [0.29, 0.717) is 6.54 Å². The van der Waals surface area contributed by atoms with E-state index in [1.165, 1.54) is 0 Å². The van der Waals surface area contributed by atoms with Crippen LogP contribution in [0.5, 0.6) is 5.75 Å². The monoisotopic (exact) mass is 251 g/mol. The summed E-state index contributed by atoms with van der Waals surface area (Å²) in [5.41, 5.74) is 1.93. The Balaban J connectivity index is 2.08. The average molecular weight is 252 g/mol. The zero-order valence-electron chi connectivity index (χ0n) is 9.80. The highest BCUT2D eigenvalue weighted by Crippen LogP contribution is 2.16. The number of ether oxygens (including phenoxy) is 1. The highest BCUT2D eigenvalue weighted by molar-refractivity contribution is 6.20. The summed E-state index contributed by atoms with van der Waals surface area (Å²) in [6, 6.07) is 7.86. The molecule has 1 aromatic carbocycles. The van der Waals surface area contributed by atoms with Crippen molar-refractivity contribution in [3.05, 3.63) is 41.7 Å². The van der Waals surface area contributed by atoms with E-state index >= 15 is 0 Å². The first-order valence-electron chi connectivity index (χ1n) is 5.36. The minimum absolute atomic E-state index is 0.111. The standard InChI is InChI=1S/C12H14ClN3O/c1-9(13)12-8-16(15-14-12)7-10-3-5-11(17-2)6-4-10/h3-6,8-9H,7H2,1-2H3. The lowest BCUT2D eigenvalue weighted by atomic mass is 10.2. The predicted molar refractivity (Wildman–Crippen MR) is 66.4 cm³/mol. The summed E-state index contributed by atoms with van der Waals surface area (Å²) in [5, 5.41) is 7.92. The minimum atomic E-state index is -0.111. The molecule has 17 heavy (non-hydrogen) atoms. The fourth-order valence-electron chi connectivity index (χ4n) is 1.49. The first-order valence-corrected chi connectivity index (χ1v) is 5.79. The van der Waals surface area contributed by atoms with Crippen LogP contribution in [0.3, 0.4) is 0 Å². The van der Waals surface area contributed by atoms with Crippen LogP contribution in [0.1, 0.15) is 23.6 Å².